The molecule has 0 bridgehead atoms. The van der Waals surface area contributed by atoms with Crippen molar-refractivity contribution in [2.24, 2.45) is 5.92 Å². The van der Waals surface area contributed by atoms with Crippen LogP contribution in [0.4, 0.5) is 0 Å². The first-order valence-corrected chi connectivity index (χ1v) is 8.04. The summed E-state index contributed by atoms with van der Waals surface area (Å²) in [5.74, 6) is 0.168. The van der Waals surface area contributed by atoms with E-state index in [4.69, 9.17) is 0 Å². The molecule has 2 atom stereocenters. The topological polar surface area (TPSA) is 53.4 Å². The Morgan fingerprint density at radius 3 is 2.65 bits per heavy atom. The molecule has 1 aromatic heterocycles. The predicted octanol–water partition coefficient (Wildman–Crippen LogP) is 2.90. The van der Waals surface area contributed by atoms with E-state index in [0.717, 1.165) is 17.5 Å². The molecular formula is C19H22N2O2. The lowest BCUT2D eigenvalue weighted by molar-refractivity contribution is 0.0762. The maximum atomic E-state index is 12.7. The highest BCUT2D eigenvalue weighted by Gasteiger charge is 2.29. The SMILES string of the molecule is Cc1ccc(-c2cncc(C(=O)N3CCC(C(C)O)C3)c2)cc1. The molecule has 120 valence electrons. The van der Waals surface area contributed by atoms with Crippen LogP contribution in [-0.4, -0.2) is 40.1 Å². The standard InChI is InChI=1S/C19H22N2O2/c1-13-3-5-15(6-4-13)17-9-18(11-20-10-17)19(23)21-8-7-16(12-21)14(2)22/h3-6,9-11,14,16,22H,7-8,12H2,1-2H3. The molecule has 1 aliphatic heterocycles. The Kier molecular flexibility index (Phi) is 4.44. The van der Waals surface area contributed by atoms with Crippen LogP contribution in [0.3, 0.4) is 0 Å². The molecule has 3 rings (SSSR count). The first-order valence-electron chi connectivity index (χ1n) is 8.04. The van der Waals surface area contributed by atoms with Crippen LogP contribution in [0.2, 0.25) is 0 Å². The number of hydrogen-bond donors (Lipinski definition) is 1. The Balaban J connectivity index is 1.80. The van der Waals surface area contributed by atoms with Crippen molar-refractivity contribution < 1.29 is 9.90 Å². The van der Waals surface area contributed by atoms with Gasteiger partial charge in [-0.1, -0.05) is 29.8 Å². The number of aliphatic hydroxyl groups is 1. The number of aryl methyl sites for hydroxylation is 1. The number of likely N-dealkylation sites (tertiary alicyclic amines) is 1. The van der Waals surface area contributed by atoms with E-state index in [-0.39, 0.29) is 17.9 Å². The van der Waals surface area contributed by atoms with Gasteiger partial charge in [0.2, 0.25) is 0 Å². The minimum Gasteiger partial charge on any atom is -0.393 e. The van der Waals surface area contributed by atoms with E-state index in [1.165, 1.54) is 5.56 Å². The zero-order valence-electron chi connectivity index (χ0n) is 13.6. The van der Waals surface area contributed by atoms with Crippen molar-refractivity contribution in [3.8, 4) is 11.1 Å². The van der Waals surface area contributed by atoms with E-state index in [2.05, 4.69) is 17.1 Å². The summed E-state index contributed by atoms with van der Waals surface area (Å²) in [5, 5.41) is 9.69. The van der Waals surface area contributed by atoms with Crippen LogP contribution in [0.25, 0.3) is 11.1 Å². The quantitative estimate of drug-likeness (QED) is 0.948. The molecule has 1 amide bonds. The van der Waals surface area contributed by atoms with Crippen LogP contribution in [0.5, 0.6) is 0 Å². The van der Waals surface area contributed by atoms with Crippen molar-refractivity contribution in [1.82, 2.24) is 9.88 Å². The molecule has 4 nitrogen and oxygen atoms in total. The van der Waals surface area contributed by atoms with Gasteiger partial charge < -0.3 is 10.0 Å². The minimum atomic E-state index is -0.371. The van der Waals surface area contributed by atoms with E-state index in [0.29, 0.717) is 18.7 Å². The number of carbonyl (C=O) groups excluding carboxylic acids is 1. The molecule has 1 fully saturated rings. The number of amides is 1. The van der Waals surface area contributed by atoms with Crippen molar-refractivity contribution in [2.45, 2.75) is 26.4 Å². The van der Waals surface area contributed by atoms with Crippen molar-refractivity contribution in [3.05, 3.63) is 53.9 Å². The fraction of sp³-hybridized carbons (Fsp3) is 0.368. The van der Waals surface area contributed by atoms with Gasteiger partial charge >= 0.3 is 0 Å². The fourth-order valence-electron chi connectivity index (χ4n) is 3.01. The van der Waals surface area contributed by atoms with Gasteiger partial charge in [0.1, 0.15) is 0 Å². The highest BCUT2D eigenvalue weighted by molar-refractivity contribution is 5.95. The summed E-state index contributed by atoms with van der Waals surface area (Å²) in [6.45, 7) is 5.15. The van der Waals surface area contributed by atoms with Crippen LogP contribution in [0.1, 0.15) is 29.3 Å². The Morgan fingerprint density at radius 2 is 2.00 bits per heavy atom. The molecule has 1 aromatic carbocycles. The largest absolute Gasteiger partial charge is 0.393 e. The third-order valence-corrected chi connectivity index (χ3v) is 4.56. The van der Waals surface area contributed by atoms with Gasteiger partial charge in [0.05, 0.1) is 11.7 Å². The summed E-state index contributed by atoms with van der Waals surface area (Å²) in [6, 6.07) is 10.1. The zero-order valence-corrected chi connectivity index (χ0v) is 13.6. The maximum Gasteiger partial charge on any atom is 0.255 e. The average Bonchev–Trinajstić information content (AvgIpc) is 3.05. The van der Waals surface area contributed by atoms with Crippen molar-refractivity contribution in [2.75, 3.05) is 13.1 Å². The lowest BCUT2D eigenvalue weighted by Gasteiger charge is -2.18. The number of benzene rings is 1. The number of carbonyl (C=O) groups is 1. The lowest BCUT2D eigenvalue weighted by atomic mass is 10.0. The molecule has 23 heavy (non-hydrogen) atoms. The Bertz CT molecular complexity index is 695. The lowest BCUT2D eigenvalue weighted by Crippen LogP contribution is -2.30. The van der Waals surface area contributed by atoms with Gasteiger partial charge in [-0.05, 0) is 31.9 Å². The Morgan fingerprint density at radius 1 is 1.26 bits per heavy atom. The van der Waals surface area contributed by atoms with Crippen molar-refractivity contribution in [3.63, 3.8) is 0 Å². The van der Waals surface area contributed by atoms with Crippen LogP contribution < -0.4 is 0 Å². The van der Waals surface area contributed by atoms with Crippen LogP contribution >= 0.6 is 0 Å². The van der Waals surface area contributed by atoms with E-state index in [1.54, 1.807) is 19.3 Å². The van der Waals surface area contributed by atoms with Crippen LogP contribution in [0, 0.1) is 12.8 Å². The van der Waals surface area contributed by atoms with E-state index in [9.17, 15) is 9.90 Å². The summed E-state index contributed by atoms with van der Waals surface area (Å²) in [6.07, 6.45) is 3.89. The molecule has 0 aliphatic carbocycles. The first kappa shape index (κ1) is 15.7. The van der Waals surface area contributed by atoms with E-state index >= 15 is 0 Å². The number of nitrogens with zero attached hydrogens (tertiary/aromatic N) is 2. The molecule has 2 aromatic rings. The third-order valence-electron chi connectivity index (χ3n) is 4.56. The molecule has 0 spiro atoms. The average molecular weight is 310 g/mol. The smallest absolute Gasteiger partial charge is 0.255 e. The predicted molar refractivity (Wildman–Crippen MR) is 90.1 cm³/mol. The van der Waals surface area contributed by atoms with Gasteiger partial charge in [0, 0.05) is 37.0 Å². The van der Waals surface area contributed by atoms with E-state index < -0.39 is 0 Å². The van der Waals surface area contributed by atoms with Gasteiger partial charge in [-0.25, -0.2) is 0 Å². The third kappa shape index (κ3) is 3.42. The molecule has 4 heteroatoms. The molecule has 0 saturated carbocycles. The van der Waals surface area contributed by atoms with Gasteiger partial charge in [-0.2, -0.15) is 0 Å². The number of aliphatic hydroxyl groups excluding tert-OH is 1. The maximum absolute atomic E-state index is 12.7. The number of hydrogen-bond acceptors (Lipinski definition) is 3. The number of aromatic nitrogens is 1. The normalized spacial score (nSPS) is 18.9. The van der Waals surface area contributed by atoms with E-state index in [1.807, 2.05) is 30.0 Å². The summed E-state index contributed by atoms with van der Waals surface area (Å²) >= 11 is 0. The first-order chi connectivity index (χ1) is 11.0. The molecule has 2 heterocycles. The summed E-state index contributed by atoms with van der Waals surface area (Å²) in [4.78, 5) is 18.7. The molecular weight excluding hydrogens is 288 g/mol. The number of rotatable bonds is 3. The Labute approximate surface area is 136 Å². The summed E-state index contributed by atoms with van der Waals surface area (Å²) in [7, 11) is 0. The molecule has 0 radical (unpaired) electrons. The monoisotopic (exact) mass is 310 g/mol. The van der Waals surface area contributed by atoms with Gasteiger partial charge in [0.25, 0.3) is 5.91 Å². The molecule has 1 aliphatic rings. The van der Waals surface area contributed by atoms with Crippen molar-refractivity contribution >= 4 is 5.91 Å². The molecule has 1 N–H and O–H groups in total. The van der Waals surface area contributed by atoms with Gasteiger partial charge in [-0.3, -0.25) is 9.78 Å². The summed E-state index contributed by atoms with van der Waals surface area (Å²) < 4.78 is 0. The van der Waals surface area contributed by atoms with Crippen LogP contribution in [-0.2, 0) is 0 Å². The molecule has 2 unspecified atom stereocenters. The summed E-state index contributed by atoms with van der Waals surface area (Å²) in [5.41, 5.74) is 3.81. The van der Waals surface area contributed by atoms with Gasteiger partial charge in [0.15, 0.2) is 0 Å². The second kappa shape index (κ2) is 6.50. The molecule has 1 saturated heterocycles. The number of pyridine rings is 1. The van der Waals surface area contributed by atoms with Crippen molar-refractivity contribution in [1.29, 1.82) is 0 Å². The highest BCUT2D eigenvalue weighted by Crippen LogP contribution is 2.24. The van der Waals surface area contributed by atoms with Gasteiger partial charge in [-0.15, -0.1) is 0 Å². The zero-order chi connectivity index (χ0) is 16.4. The second-order valence-electron chi connectivity index (χ2n) is 6.37. The van der Waals surface area contributed by atoms with Crippen LogP contribution in [0.15, 0.2) is 42.7 Å². The Hall–Kier alpha value is -2.20. The minimum absolute atomic E-state index is 0.00499. The fourth-order valence-corrected chi connectivity index (χ4v) is 3.01. The highest BCUT2D eigenvalue weighted by atomic mass is 16.3. The second-order valence-corrected chi connectivity index (χ2v) is 6.37.